The zero-order chi connectivity index (χ0) is 19.1. The predicted molar refractivity (Wildman–Crippen MR) is 105 cm³/mol. The molecule has 0 saturated carbocycles. The smallest absolute Gasteiger partial charge is 0.224 e. The molecular weight excluding hydrogens is 370 g/mol. The van der Waals surface area contributed by atoms with Gasteiger partial charge < -0.3 is 25.2 Å². The highest BCUT2D eigenvalue weighted by atomic mass is 35.5. The SMILES string of the molecule is OCCNc1ncc(Oc2ccc(Cl)cc2)c(N2CCN(CCO)CC2)n1. The molecule has 1 aromatic heterocycles. The molecule has 0 atom stereocenters. The molecule has 3 N–H and O–H groups in total. The third-order valence-corrected chi connectivity index (χ3v) is 4.51. The van der Waals surface area contributed by atoms with Crippen LogP contribution < -0.4 is 15.0 Å². The van der Waals surface area contributed by atoms with Crippen molar-refractivity contribution in [2.75, 3.05) is 62.7 Å². The first kappa shape index (κ1) is 19.6. The number of hydrogen-bond donors (Lipinski definition) is 3. The van der Waals surface area contributed by atoms with Gasteiger partial charge in [0.25, 0.3) is 0 Å². The van der Waals surface area contributed by atoms with Crippen molar-refractivity contribution in [1.29, 1.82) is 0 Å². The minimum absolute atomic E-state index is 0.00154. The summed E-state index contributed by atoms with van der Waals surface area (Å²) in [5.41, 5.74) is 0. The molecule has 0 radical (unpaired) electrons. The Balaban J connectivity index is 1.80. The molecule has 1 saturated heterocycles. The number of aliphatic hydroxyl groups is 2. The summed E-state index contributed by atoms with van der Waals surface area (Å²) in [5, 5.41) is 21.7. The van der Waals surface area contributed by atoms with Crippen molar-refractivity contribution in [2.45, 2.75) is 0 Å². The topological polar surface area (TPSA) is 94.0 Å². The van der Waals surface area contributed by atoms with E-state index in [2.05, 4.69) is 25.1 Å². The zero-order valence-electron chi connectivity index (χ0n) is 15.0. The van der Waals surface area contributed by atoms with Crippen LogP contribution in [0.1, 0.15) is 0 Å². The monoisotopic (exact) mass is 393 g/mol. The number of rotatable bonds is 8. The highest BCUT2D eigenvalue weighted by molar-refractivity contribution is 6.30. The molecule has 1 aliphatic heterocycles. The average Bonchev–Trinajstić information content (AvgIpc) is 2.70. The number of ether oxygens (including phenoxy) is 1. The van der Waals surface area contributed by atoms with Gasteiger partial charge in [0.1, 0.15) is 5.75 Å². The summed E-state index contributed by atoms with van der Waals surface area (Å²) in [6.07, 6.45) is 1.64. The van der Waals surface area contributed by atoms with E-state index in [4.69, 9.17) is 26.6 Å². The maximum atomic E-state index is 9.11. The molecule has 1 fully saturated rings. The molecule has 146 valence electrons. The molecule has 1 aliphatic rings. The summed E-state index contributed by atoms with van der Waals surface area (Å²) in [6.45, 7) is 4.43. The van der Waals surface area contributed by atoms with Crippen molar-refractivity contribution < 1.29 is 14.9 Å². The van der Waals surface area contributed by atoms with E-state index in [1.54, 1.807) is 30.5 Å². The van der Waals surface area contributed by atoms with Crippen LogP contribution in [0.25, 0.3) is 0 Å². The van der Waals surface area contributed by atoms with E-state index in [0.717, 1.165) is 26.2 Å². The number of halogens is 1. The minimum atomic E-state index is 0.00154. The standard InChI is InChI=1S/C18H24ClN5O3/c19-14-1-3-15(4-2-14)27-16-13-21-18(20-5-11-25)22-17(16)24-8-6-23(7-9-24)10-12-26/h1-4,13,25-26H,5-12H2,(H,20,21,22). The number of aliphatic hydroxyl groups excluding tert-OH is 2. The van der Waals surface area contributed by atoms with Gasteiger partial charge in [-0.05, 0) is 24.3 Å². The van der Waals surface area contributed by atoms with Gasteiger partial charge in [-0.1, -0.05) is 11.6 Å². The molecule has 1 aromatic carbocycles. The zero-order valence-corrected chi connectivity index (χ0v) is 15.8. The molecule has 27 heavy (non-hydrogen) atoms. The lowest BCUT2D eigenvalue weighted by Crippen LogP contribution is -2.47. The lowest BCUT2D eigenvalue weighted by atomic mass is 10.3. The molecule has 0 aliphatic carbocycles. The van der Waals surface area contributed by atoms with Crippen LogP contribution in [-0.2, 0) is 0 Å². The third-order valence-electron chi connectivity index (χ3n) is 4.26. The molecule has 9 heteroatoms. The Morgan fingerprint density at radius 1 is 1.07 bits per heavy atom. The van der Waals surface area contributed by atoms with Crippen LogP contribution in [0.5, 0.6) is 11.5 Å². The Kier molecular flexibility index (Phi) is 7.05. The number of benzene rings is 1. The van der Waals surface area contributed by atoms with E-state index in [1.807, 2.05) is 0 Å². The number of nitrogens with one attached hydrogen (secondary N) is 1. The van der Waals surface area contributed by atoms with Crippen LogP contribution in [0.2, 0.25) is 5.02 Å². The summed E-state index contributed by atoms with van der Waals surface area (Å²) in [4.78, 5) is 13.2. The van der Waals surface area contributed by atoms with Crippen LogP contribution in [-0.4, -0.2) is 77.6 Å². The summed E-state index contributed by atoms with van der Waals surface area (Å²) in [6, 6.07) is 7.12. The lowest BCUT2D eigenvalue weighted by molar-refractivity contribution is 0.188. The number of nitrogens with zero attached hydrogens (tertiary/aromatic N) is 4. The summed E-state index contributed by atoms with van der Waals surface area (Å²) in [7, 11) is 0. The minimum Gasteiger partial charge on any atom is -0.452 e. The summed E-state index contributed by atoms with van der Waals surface area (Å²) < 4.78 is 6.00. The molecule has 0 bridgehead atoms. The highest BCUT2D eigenvalue weighted by Crippen LogP contribution is 2.32. The molecule has 0 amide bonds. The maximum Gasteiger partial charge on any atom is 0.224 e. The Bertz CT molecular complexity index is 723. The van der Waals surface area contributed by atoms with Crippen LogP contribution in [0.15, 0.2) is 30.5 Å². The third kappa shape index (κ3) is 5.43. The fraction of sp³-hybridized carbons (Fsp3) is 0.444. The second-order valence-corrected chi connectivity index (χ2v) is 6.58. The fourth-order valence-electron chi connectivity index (χ4n) is 2.87. The Morgan fingerprint density at radius 2 is 1.81 bits per heavy atom. The van der Waals surface area contributed by atoms with E-state index >= 15 is 0 Å². The van der Waals surface area contributed by atoms with E-state index in [1.165, 1.54) is 0 Å². The predicted octanol–water partition coefficient (Wildman–Crippen LogP) is 1.44. The Hall–Kier alpha value is -2.13. The van der Waals surface area contributed by atoms with Gasteiger partial charge in [-0.25, -0.2) is 4.98 Å². The van der Waals surface area contributed by atoms with Crippen molar-refractivity contribution >= 4 is 23.4 Å². The molecule has 2 heterocycles. The van der Waals surface area contributed by atoms with Gasteiger partial charge in [-0.2, -0.15) is 4.98 Å². The van der Waals surface area contributed by atoms with Gasteiger partial charge in [0.2, 0.25) is 5.95 Å². The van der Waals surface area contributed by atoms with Crippen LogP contribution in [0.3, 0.4) is 0 Å². The van der Waals surface area contributed by atoms with Crippen molar-refractivity contribution in [3.63, 3.8) is 0 Å². The number of anilines is 2. The van der Waals surface area contributed by atoms with Crippen molar-refractivity contribution in [3.05, 3.63) is 35.5 Å². The lowest BCUT2D eigenvalue weighted by Gasteiger charge is -2.35. The maximum absolute atomic E-state index is 9.11. The first-order valence-corrected chi connectivity index (χ1v) is 9.31. The largest absolute Gasteiger partial charge is 0.452 e. The van der Waals surface area contributed by atoms with E-state index in [-0.39, 0.29) is 13.2 Å². The second kappa shape index (κ2) is 9.70. The molecule has 0 unspecified atom stereocenters. The van der Waals surface area contributed by atoms with E-state index in [0.29, 0.717) is 41.4 Å². The van der Waals surface area contributed by atoms with Gasteiger partial charge in [0, 0.05) is 44.3 Å². The normalized spacial score (nSPS) is 15.0. The molecular formula is C18H24ClN5O3. The van der Waals surface area contributed by atoms with E-state index in [9.17, 15) is 0 Å². The van der Waals surface area contributed by atoms with Gasteiger partial charge in [-0.3, -0.25) is 4.90 Å². The molecule has 0 spiro atoms. The summed E-state index contributed by atoms with van der Waals surface area (Å²) in [5.74, 6) is 2.35. The first-order chi connectivity index (χ1) is 13.2. The number of piperazine rings is 1. The van der Waals surface area contributed by atoms with Crippen molar-refractivity contribution in [2.24, 2.45) is 0 Å². The van der Waals surface area contributed by atoms with E-state index < -0.39 is 0 Å². The van der Waals surface area contributed by atoms with Crippen LogP contribution in [0.4, 0.5) is 11.8 Å². The number of hydrogen-bond acceptors (Lipinski definition) is 8. The first-order valence-electron chi connectivity index (χ1n) is 8.93. The van der Waals surface area contributed by atoms with Gasteiger partial charge in [0.15, 0.2) is 11.6 Å². The van der Waals surface area contributed by atoms with Gasteiger partial charge in [-0.15, -0.1) is 0 Å². The van der Waals surface area contributed by atoms with Crippen LogP contribution in [0, 0.1) is 0 Å². The molecule has 3 rings (SSSR count). The van der Waals surface area contributed by atoms with Gasteiger partial charge in [0.05, 0.1) is 19.4 Å². The second-order valence-electron chi connectivity index (χ2n) is 6.14. The average molecular weight is 394 g/mol. The fourth-order valence-corrected chi connectivity index (χ4v) is 2.99. The highest BCUT2D eigenvalue weighted by Gasteiger charge is 2.22. The Labute approximate surface area is 163 Å². The molecule has 2 aromatic rings. The van der Waals surface area contributed by atoms with Crippen molar-refractivity contribution in [3.8, 4) is 11.5 Å². The molecule has 8 nitrogen and oxygen atoms in total. The summed E-state index contributed by atoms with van der Waals surface area (Å²) >= 11 is 5.94. The number of aromatic nitrogens is 2. The van der Waals surface area contributed by atoms with Crippen LogP contribution >= 0.6 is 11.6 Å². The van der Waals surface area contributed by atoms with Gasteiger partial charge >= 0.3 is 0 Å². The number of β-amino-alcohol motifs (C(OH)–C–C–N with tert-alkyl or cyclic N) is 1. The Morgan fingerprint density at radius 3 is 2.48 bits per heavy atom. The quantitative estimate of drug-likeness (QED) is 0.620. The van der Waals surface area contributed by atoms with Crippen molar-refractivity contribution in [1.82, 2.24) is 14.9 Å².